The van der Waals surface area contributed by atoms with Crippen LogP contribution in [0.15, 0.2) is 18.2 Å². The molecule has 0 saturated heterocycles. The zero-order chi connectivity index (χ0) is 12.8. The molecule has 17 heavy (non-hydrogen) atoms. The molecular formula is C12H16INO3. The van der Waals surface area contributed by atoms with Gasteiger partial charge in [0.05, 0.1) is 19.3 Å². The first kappa shape index (κ1) is 14.2. The van der Waals surface area contributed by atoms with Gasteiger partial charge >= 0.3 is 0 Å². The molecule has 1 atom stereocenters. The molecule has 1 unspecified atom stereocenters. The van der Waals surface area contributed by atoms with Gasteiger partial charge in [0.2, 0.25) is 0 Å². The van der Waals surface area contributed by atoms with E-state index in [4.69, 9.17) is 9.47 Å². The van der Waals surface area contributed by atoms with Crippen molar-refractivity contribution in [2.24, 2.45) is 0 Å². The van der Waals surface area contributed by atoms with Gasteiger partial charge in [0.15, 0.2) is 0 Å². The predicted molar refractivity (Wildman–Crippen MR) is 74.5 cm³/mol. The van der Waals surface area contributed by atoms with Gasteiger partial charge < -0.3 is 14.8 Å². The van der Waals surface area contributed by atoms with E-state index in [2.05, 4.69) is 27.9 Å². The molecule has 1 aromatic carbocycles. The summed E-state index contributed by atoms with van der Waals surface area (Å²) in [4.78, 5) is 11.9. The molecule has 1 amide bonds. The van der Waals surface area contributed by atoms with Crippen LogP contribution in [0.5, 0.6) is 5.75 Å². The van der Waals surface area contributed by atoms with Crippen LogP contribution in [0.3, 0.4) is 0 Å². The number of ether oxygens (including phenoxy) is 2. The van der Waals surface area contributed by atoms with Crippen LogP contribution in [0.25, 0.3) is 0 Å². The third-order valence-corrected chi connectivity index (χ3v) is 3.11. The molecule has 0 radical (unpaired) electrons. The fourth-order valence-corrected chi connectivity index (χ4v) is 2.13. The highest BCUT2D eigenvalue weighted by molar-refractivity contribution is 14.1. The Morgan fingerprint density at radius 1 is 1.47 bits per heavy atom. The van der Waals surface area contributed by atoms with Gasteiger partial charge in [-0.05, 0) is 47.7 Å². The quantitative estimate of drug-likeness (QED) is 0.828. The van der Waals surface area contributed by atoms with Crippen molar-refractivity contribution >= 4 is 28.5 Å². The molecule has 0 bridgehead atoms. The van der Waals surface area contributed by atoms with Crippen molar-refractivity contribution in [3.63, 3.8) is 0 Å². The van der Waals surface area contributed by atoms with E-state index in [0.717, 1.165) is 9.32 Å². The molecule has 0 spiro atoms. The van der Waals surface area contributed by atoms with E-state index in [9.17, 15) is 4.79 Å². The Bertz CT molecular complexity index is 395. The van der Waals surface area contributed by atoms with E-state index in [1.165, 1.54) is 0 Å². The highest BCUT2D eigenvalue weighted by atomic mass is 127. The van der Waals surface area contributed by atoms with Crippen molar-refractivity contribution in [2.75, 3.05) is 20.8 Å². The van der Waals surface area contributed by atoms with Crippen LogP contribution in [0.1, 0.15) is 17.3 Å². The molecule has 1 N–H and O–H groups in total. The van der Waals surface area contributed by atoms with E-state index in [1.807, 2.05) is 13.0 Å². The van der Waals surface area contributed by atoms with Crippen LogP contribution in [-0.2, 0) is 4.74 Å². The molecule has 0 aliphatic rings. The van der Waals surface area contributed by atoms with E-state index >= 15 is 0 Å². The zero-order valence-corrected chi connectivity index (χ0v) is 12.3. The molecule has 1 rings (SSSR count). The zero-order valence-electron chi connectivity index (χ0n) is 10.1. The molecule has 5 heteroatoms. The summed E-state index contributed by atoms with van der Waals surface area (Å²) in [5.74, 6) is 0.650. The van der Waals surface area contributed by atoms with Gasteiger partial charge in [-0.2, -0.15) is 0 Å². The predicted octanol–water partition coefficient (Wildman–Crippen LogP) is 2.06. The number of halogens is 1. The maximum atomic E-state index is 11.9. The molecule has 94 valence electrons. The number of methoxy groups -OCH3 is 2. The lowest BCUT2D eigenvalue weighted by Crippen LogP contribution is -2.35. The van der Waals surface area contributed by atoms with Crippen molar-refractivity contribution in [3.05, 3.63) is 27.3 Å². The average molecular weight is 349 g/mol. The third kappa shape index (κ3) is 4.16. The van der Waals surface area contributed by atoms with Crippen molar-refractivity contribution in [1.82, 2.24) is 5.32 Å². The molecule has 0 heterocycles. The Balaban J connectivity index is 2.75. The minimum Gasteiger partial charge on any atom is -0.497 e. The molecule has 0 aromatic heterocycles. The maximum absolute atomic E-state index is 11.9. The Kier molecular flexibility index (Phi) is 5.70. The molecule has 0 aliphatic carbocycles. The van der Waals surface area contributed by atoms with Crippen LogP contribution in [0.2, 0.25) is 0 Å². The normalized spacial score (nSPS) is 12.0. The minimum absolute atomic E-state index is 0.00889. The Morgan fingerprint density at radius 3 is 2.71 bits per heavy atom. The van der Waals surface area contributed by atoms with Crippen LogP contribution in [0, 0.1) is 3.57 Å². The number of nitrogens with one attached hydrogen (secondary N) is 1. The van der Waals surface area contributed by atoms with E-state index < -0.39 is 0 Å². The maximum Gasteiger partial charge on any atom is 0.252 e. The summed E-state index contributed by atoms with van der Waals surface area (Å²) in [6.07, 6.45) is 0. The first-order valence-electron chi connectivity index (χ1n) is 5.21. The summed E-state index contributed by atoms with van der Waals surface area (Å²) in [5, 5.41) is 2.87. The smallest absolute Gasteiger partial charge is 0.252 e. The summed E-state index contributed by atoms with van der Waals surface area (Å²) >= 11 is 2.12. The molecule has 0 saturated carbocycles. The summed E-state index contributed by atoms with van der Waals surface area (Å²) in [7, 11) is 3.21. The summed E-state index contributed by atoms with van der Waals surface area (Å²) < 4.78 is 10.9. The van der Waals surface area contributed by atoms with Crippen LogP contribution in [0.4, 0.5) is 0 Å². The van der Waals surface area contributed by atoms with E-state index in [1.54, 1.807) is 26.4 Å². The van der Waals surface area contributed by atoms with Crippen molar-refractivity contribution in [2.45, 2.75) is 13.0 Å². The summed E-state index contributed by atoms with van der Waals surface area (Å²) in [5.41, 5.74) is 0.648. The SMILES string of the molecule is COCC(C)NC(=O)c1ccc(OC)cc1I. The van der Waals surface area contributed by atoms with E-state index in [-0.39, 0.29) is 11.9 Å². The molecule has 0 aliphatic heterocycles. The summed E-state index contributed by atoms with van der Waals surface area (Å²) in [6, 6.07) is 5.36. The number of carbonyl (C=O) groups excluding carboxylic acids is 1. The number of rotatable bonds is 5. The summed E-state index contributed by atoms with van der Waals surface area (Å²) in [6.45, 7) is 2.40. The minimum atomic E-state index is -0.0957. The first-order valence-corrected chi connectivity index (χ1v) is 6.29. The monoisotopic (exact) mass is 349 g/mol. The number of amides is 1. The van der Waals surface area contributed by atoms with Gasteiger partial charge in [0, 0.05) is 16.7 Å². The fourth-order valence-electron chi connectivity index (χ4n) is 1.40. The largest absolute Gasteiger partial charge is 0.497 e. The van der Waals surface area contributed by atoms with Crippen LogP contribution < -0.4 is 10.1 Å². The fraction of sp³-hybridized carbons (Fsp3) is 0.417. The molecule has 1 aromatic rings. The van der Waals surface area contributed by atoms with Gasteiger partial charge in [-0.15, -0.1) is 0 Å². The second-order valence-corrected chi connectivity index (χ2v) is 4.84. The lowest BCUT2D eigenvalue weighted by molar-refractivity contribution is 0.0904. The lowest BCUT2D eigenvalue weighted by Gasteiger charge is -2.13. The number of hydrogen-bond donors (Lipinski definition) is 1. The van der Waals surface area contributed by atoms with E-state index in [0.29, 0.717) is 12.2 Å². The standard InChI is InChI=1S/C12H16INO3/c1-8(7-16-2)14-12(15)10-5-4-9(17-3)6-11(10)13/h4-6,8H,7H2,1-3H3,(H,14,15). The van der Waals surface area contributed by atoms with Gasteiger partial charge in [-0.3, -0.25) is 4.79 Å². The van der Waals surface area contributed by atoms with Crippen molar-refractivity contribution < 1.29 is 14.3 Å². The van der Waals surface area contributed by atoms with Crippen LogP contribution >= 0.6 is 22.6 Å². The number of hydrogen-bond acceptors (Lipinski definition) is 3. The van der Waals surface area contributed by atoms with Crippen LogP contribution in [-0.4, -0.2) is 32.8 Å². The molecule has 0 fully saturated rings. The second-order valence-electron chi connectivity index (χ2n) is 3.68. The van der Waals surface area contributed by atoms with Crippen molar-refractivity contribution in [3.8, 4) is 5.75 Å². The van der Waals surface area contributed by atoms with Gasteiger partial charge in [0.25, 0.3) is 5.91 Å². The number of benzene rings is 1. The van der Waals surface area contributed by atoms with Gasteiger partial charge in [0.1, 0.15) is 5.75 Å². The third-order valence-electron chi connectivity index (χ3n) is 2.22. The number of carbonyl (C=O) groups is 1. The molecular weight excluding hydrogens is 333 g/mol. The Morgan fingerprint density at radius 2 is 2.18 bits per heavy atom. The Labute approximate surface area is 115 Å². The average Bonchev–Trinajstić information content (AvgIpc) is 2.28. The molecule has 4 nitrogen and oxygen atoms in total. The second kappa shape index (κ2) is 6.80. The highest BCUT2D eigenvalue weighted by Gasteiger charge is 2.13. The first-order chi connectivity index (χ1) is 8.08. The highest BCUT2D eigenvalue weighted by Crippen LogP contribution is 2.19. The van der Waals surface area contributed by atoms with Gasteiger partial charge in [-0.25, -0.2) is 0 Å². The lowest BCUT2D eigenvalue weighted by atomic mass is 10.2. The topological polar surface area (TPSA) is 47.6 Å². The Hall–Kier alpha value is -0.820. The van der Waals surface area contributed by atoms with Crippen molar-refractivity contribution in [1.29, 1.82) is 0 Å². The van der Waals surface area contributed by atoms with Gasteiger partial charge in [-0.1, -0.05) is 0 Å².